The Morgan fingerprint density at radius 1 is 0.963 bits per heavy atom. The van der Waals surface area contributed by atoms with Gasteiger partial charge in [-0.25, -0.2) is 0 Å². The molecule has 0 N–H and O–H groups in total. The zero-order valence-electron chi connectivity index (χ0n) is 14.7. The first kappa shape index (κ1) is 17.7. The van der Waals surface area contributed by atoms with E-state index in [1.54, 1.807) is 12.1 Å². The molecule has 27 heavy (non-hydrogen) atoms. The van der Waals surface area contributed by atoms with E-state index in [9.17, 15) is 4.79 Å². The lowest BCUT2D eigenvalue weighted by Crippen LogP contribution is -2.48. The van der Waals surface area contributed by atoms with Crippen LogP contribution >= 0.6 is 11.6 Å². The largest absolute Gasteiger partial charge is 0.419 e. The Balaban J connectivity index is 1.33. The molecule has 6 nitrogen and oxygen atoms in total. The molecule has 0 spiro atoms. The second kappa shape index (κ2) is 7.90. The minimum Gasteiger partial charge on any atom is -0.419 e. The van der Waals surface area contributed by atoms with Gasteiger partial charge in [-0.05, 0) is 36.4 Å². The van der Waals surface area contributed by atoms with Gasteiger partial charge in [0.25, 0.3) is 5.91 Å². The van der Waals surface area contributed by atoms with Crippen molar-refractivity contribution in [2.45, 2.75) is 6.54 Å². The Hall–Kier alpha value is -2.70. The van der Waals surface area contributed by atoms with E-state index in [0.717, 1.165) is 24.2 Å². The highest BCUT2D eigenvalue weighted by atomic mass is 35.5. The summed E-state index contributed by atoms with van der Waals surface area (Å²) in [6, 6.07) is 16.7. The SMILES string of the molecule is O=C(c1ccccc1)N1CCN(Cc2nnc(-c3ccc(Cl)cc3)o2)CC1. The number of piperazine rings is 1. The summed E-state index contributed by atoms with van der Waals surface area (Å²) in [6.07, 6.45) is 0. The second-order valence-electron chi connectivity index (χ2n) is 6.44. The van der Waals surface area contributed by atoms with Crippen LogP contribution in [0, 0.1) is 0 Å². The van der Waals surface area contributed by atoms with Crippen molar-refractivity contribution >= 4 is 17.5 Å². The van der Waals surface area contributed by atoms with Gasteiger partial charge in [0.05, 0.1) is 6.54 Å². The minimum absolute atomic E-state index is 0.0815. The third kappa shape index (κ3) is 4.18. The van der Waals surface area contributed by atoms with E-state index in [1.807, 2.05) is 47.4 Å². The molecule has 1 aliphatic heterocycles. The number of aromatic nitrogens is 2. The molecular weight excluding hydrogens is 364 g/mol. The fourth-order valence-electron chi connectivity index (χ4n) is 3.09. The normalized spacial score (nSPS) is 15.1. The highest BCUT2D eigenvalue weighted by Gasteiger charge is 2.23. The molecule has 1 aliphatic rings. The quantitative estimate of drug-likeness (QED) is 0.692. The van der Waals surface area contributed by atoms with Gasteiger partial charge >= 0.3 is 0 Å². The standard InChI is InChI=1S/C20H19ClN4O2/c21-17-8-6-15(7-9-17)19-23-22-18(27-19)14-24-10-12-25(13-11-24)20(26)16-4-2-1-3-5-16/h1-9H,10-14H2. The van der Waals surface area contributed by atoms with E-state index in [2.05, 4.69) is 15.1 Å². The molecule has 0 radical (unpaired) electrons. The first-order chi connectivity index (χ1) is 13.2. The number of carbonyl (C=O) groups excluding carboxylic acids is 1. The molecule has 1 amide bonds. The Kier molecular flexibility index (Phi) is 5.18. The van der Waals surface area contributed by atoms with Crippen molar-refractivity contribution in [3.8, 4) is 11.5 Å². The summed E-state index contributed by atoms with van der Waals surface area (Å²) in [5.74, 6) is 1.14. The summed E-state index contributed by atoms with van der Waals surface area (Å²) in [4.78, 5) is 16.6. The summed E-state index contributed by atoms with van der Waals surface area (Å²) in [5, 5.41) is 8.92. The summed E-state index contributed by atoms with van der Waals surface area (Å²) >= 11 is 5.91. The van der Waals surface area contributed by atoms with Crippen molar-refractivity contribution in [1.29, 1.82) is 0 Å². The Morgan fingerprint density at radius 2 is 1.67 bits per heavy atom. The van der Waals surface area contributed by atoms with Crippen LogP contribution in [0.15, 0.2) is 59.0 Å². The molecule has 0 unspecified atom stereocenters. The molecule has 0 atom stereocenters. The van der Waals surface area contributed by atoms with Gasteiger partial charge in [-0.3, -0.25) is 9.69 Å². The molecule has 138 valence electrons. The maximum atomic E-state index is 12.5. The average molecular weight is 383 g/mol. The molecule has 2 heterocycles. The van der Waals surface area contributed by atoms with E-state index in [-0.39, 0.29) is 5.91 Å². The Bertz CT molecular complexity index is 903. The molecule has 0 aliphatic carbocycles. The predicted octanol–water partition coefficient (Wildman–Crippen LogP) is 3.35. The Labute approximate surface area is 162 Å². The zero-order valence-corrected chi connectivity index (χ0v) is 15.5. The summed E-state index contributed by atoms with van der Waals surface area (Å²) < 4.78 is 5.77. The smallest absolute Gasteiger partial charge is 0.253 e. The topological polar surface area (TPSA) is 62.5 Å². The van der Waals surface area contributed by atoms with Crippen LogP contribution < -0.4 is 0 Å². The lowest BCUT2D eigenvalue weighted by Gasteiger charge is -2.34. The van der Waals surface area contributed by atoms with Gasteiger partial charge in [-0.1, -0.05) is 29.8 Å². The molecule has 1 aromatic heterocycles. The van der Waals surface area contributed by atoms with Crippen LogP contribution in [0.1, 0.15) is 16.2 Å². The summed E-state index contributed by atoms with van der Waals surface area (Å²) in [7, 11) is 0. The van der Waals surface area contributed by atoms with Crippen molar-refractivity contribution < 1.29 is 9.21 Å². The van der Waals surface area contributed by atoms with Crippen LogP contribution in [0.2, 0.25) is 5.02 Å². The van der Waals surface area contributed by atoms with Gasteiger partial charge in [0.2, 0.25) is 11.8 Å². The van der Waals surface area contributed by atoms with Crippen LogP contribution in [0.3, 0.4) is 0 Å². The minimum atomic E-state index is 0.0815. The van der Waals surface area contributed by atoms with Crippen molar-refractivity contribution in [2.75, 3.05) is 26.2 Å². The van der Waals surface area contributed by atoms with E-state index < -0.39 is 0 Å². The highest BCUT2D eigenvalue weighted by Crippen LogP contribution is 2.21. The van der Waals surface area contributed by atoms with Crippen molar-refractivity contribution in [1.82, 2.24) is 20.0 Å². The van der Waals surface area contributed by atoms with Crippen molar-refractivity contribution in [3.63, 3.8) is 0 Å². The fourth-order valence-corrected chi connectivity index (χ4v) is 3.22. The third-order valence-electron chi connectivity index (χ3n) is 4.60. The number of carbonyl (C=O) groups is 1. The number of hydrogen-bond acceptors (Lipinski definition) is 5. The number of benzene rings is 2. The lowest BCUT2D eigenvalue weighted by atomic mass is 10.2. The van der Waals surface area contributed by atoms with Gasteiger partial charge in [0.15, 0.2) is 0 Å². The number of hydrogen-bond donors (Lipinski definition) is 0. The van der Waals surface area contributed by atoms with Crippen LogP contribution in [-0.2, 0) is 6.54 Å². The van der Waals surface area contributed by atoms with E-state index in [0.29, 0.717) is 36.4 Å². The fraction of sp³-hybridized carbons (Fsp3) is 0.250. The first-order valence-electron chi connectivity index (χ1n) is 8.84. The molecule has 0 saturated carbocycles. The summed E-state index contributed by atoms with van der Waals surface area (Å²) in [5.41, 5.74) is 1.58. The number of amides is 1. The molecule has 0 bridgehead atoms. The summed E-state index contributed by atoms with van der Waals surface area (Å²) in [6.45, 7) is 3.50. The molecular formula is C20H19ClN4O2. The van der Waals surface area contributed by atoms with Gasteiger partial charge < -0.3 is 9.32 Å². The van der Waals surface area contributed by atoms with Gasteiger partial charge in [-0.2, -0.15) is 0 Å². The molecule has 2 aromatic carbocycles. The monoisotopic (exact) mass is 382 g/mol. The lowest BCUT2D eigenvalue weighted by molar-refractivity contribution is 0.0618. The molecule has 1 saturated heterocycles. The number of nitrogens with zero attached hydrogens (tertiary/aromatic N) is 4. The average Bonchev–Trinajstić information content (AvgIpc) is 3.18. The van der Waals surface area contributed by atoms with Gasteiger partial charge in [0, 0.05) is 42.3 Å². The van der Waals surface area contributed by atoms with Gasteiger partial charge in [0.1, 0.15) is 0 Å². The van der Waals surface area contributed by atoms with E-state index in [4.69, 9.17) is 16.0 Å². The van der Waals surface area contributed by atoms with Crippen LogP contribution in [-0.4, -0.2) is 52.1 Å². The maximum Gasteiger partial charge on any atom is 0.253 e. The third-order valence-corrected chi connectivity index (χ3v) is 4.85. The number of rotatable bonds is 4. The van der Waals surface area contributed by atoms with Crippen molar-refractivity contribution in [2.24, 2.45) is 0 Å². The predicted molar refractivity (Wildman–Crippen MR) is 102 cm³/mol. The van der Waals surface area contributed by atoms with Crippen LogP contribution in [0.4, 0.5) is 0 Å². The highest BCUT2D eigenvalue weighted by molar-refractivity contribution is 6.30. The first-order valence-corrected chi connectivity index (χ1v) is 9.22. The maximum absolute atomic E-state index is 12.5. The van der Waals surface area contributed by atoms with Gasteiger partial charge in [-0.15, -0.1) is 10.2 Å². The van der Waals surface area contributed by atoms with Crippen LogP contribution in [0.5, 0.6) is 0 Å². The molecule has 4 rings (SSSR count). The van der Waals surface area contributed by atoms with Crippen molar-refractivity contribution in [3.05, 3.63) is 71.1 Å². The zero-order chi connectivity index (χ0) is 18.6. The van der Waals surface area contributed by atoms with E-state index >= 15 is 0 Å². The molecule has 1 fully saturated rings. The molecule has 3 aromatic rings. The molecule has 7 heteroatoms. The van der Waals surface area contributed by atoms with E-state index in [1.165, 1.54) is 0 Å². The second-order valence-corrected chi connectivity index (χ2v) is 6.88. The number of halogens is 1. The Morgan fingerprint density at radius 3 is 2.37 bits per heavy atom. The van der Waals surface area contributed by atoms with Crippen LogP contribution in [0.25, 0.3) is 11.5 Å².